The molecule has 3 aliphatic rings. The van der Waals surface area contributed by atoms with Crippen LogP contribution in [0.15, 0.2) is 31.0 Å². The topological polar surface area (TPSA) is 130 Å². The molecule has 3 aliphatic heterocycles. The van der Waals surface area contributed by atoms with Crippen LogP contribution in [-0.2, 0) is 35.1 Å². The second-order valence-corrected chi connectivity index (χ2v) is 14.1. The van der Waals surface area contributed by atoms with Crippen molar-refractivity contribution in [2.45, 2.75) is 116 Å². The Morgan fingerprint density at radius 2 is 1.74 bits per heavy atom. The molecule has 9 atom stereocenters. The van der Waals surface area contributed by atoms with Gasteiger partial charge in [0.2, 0.25) is 0 Å². The number of nitrogens with zero attached hydrogens (tertiary/aromatic N) is 4. The molecule has 0 aromatic carbocycles. The summed E-state index contributed by atoms with van der Waals surface area (Å²) in [6.07, 6.45) is 6.83. The summed E-state index contributed by atoms with van der Waals surface area (Å²) in [5.41, 5.74) is -3.56. The first-order valence-electron chi connectivity index (χ1n) is 16.6. The molecular weight excluding hydrogens is 607 g/mol. The second kappa shape index (κ2) is 12.7. The Balaban J connectivity index is 1.75. The Hall–Kier alpha value is -3.67. The van der Waals surface area contributed by atoms with Crippen molar-refractivity contribution in [3.63, 3.8) is 0 Å². The molecule has 0 radical (unpaired) electrons. The van der Waals surface area contributed by atoms with Crippen molar-refractivity contribution in [1.29, 1.82) is 0 Å². The largest absolute Gasteiger partial charge is 0.455 e. The zero-order chi connectivity index (χ0) is 34.5. The lowest BCUT2D eigenvalue weighted by Gasteiger charge is -2.44. The minimum atomic E-state index is -2.98. The van der Waals surface area contributed by atoms with Crippen molar-refractivity contribution in [3.8, 4) is 11.3 Å². The van der Waals surface area contributed by atoms with E-state index in [9.17, 15) is 14.4 Å². The second-order valence-electron chi connectivity index (χ2n) is 14.1. The average molecular weight is 655 g/mol. The first kappa shape index (κ1) is 34.7. The molecule has 1 amide bonds. The van der Waals surface area contributed by atoms with E-state index in [2.05, 4.69) is 9.97 Å². The van der Waals surface area contributed by atoms with Gasteiger partial charge in [0, 0.05) is 62.1 Å². The summed E-state index contributed by atoms with van der Waals surface area (Å²) in [5.74, 6) is -5.72. The van der Waals surface area contributed by atoms with E-state index in [-0.39, 0.29) is 25.2 Å². The molecule has 2 saturated heterocycles. The van der Waals surface area contributed by atoms with Gasteiger partial charge in [-0.2, -0.15) is 0 Å². The molecule has 47 heavy (non-hydrogen) atoms. The lowest BCUT2D eigenvalue weighted by Crippen LogP contribution is -2.59. The van der Waals surface area contributed by atoms with Crippen LogP contribution in [-0.4, -0.2) is 85.7 Å². The van der Waals surface area contributed by atoms with Gasteiger partial charge in [0.25, 0.3) is 5.67 Å². The van der Waals surface area contributed by atoms with Crippen LogP contribution in [0.25, 0.3) is 11.3 Å². The van der Waals surface area contributed by atoms with Crippen LogP contribution in [0, 0.1) is 17.8 Å². The lowest BCUT2D eigenvalue weighted by atomic mass is 9.68. The lowest BCUT2D eigenvalue weighted by molar-refractivity contribution is -0.181. The fourth-order valence-electron chi connectivity index (χ4n) is 7.82. The number of pyridine rings is 1. The number of halogens is 1. The van der Waals surface area contributed by atoms with E-state index in [0.717, 1.165) is 12.5 Å². The van der Waals surface area contributed by atoms with E-state index in [0.29, 0.717) is 30.6 Å². The molecule has 2 aromatic heterocycles. The Bertz CT molecular complexity index is 1540. The minimum Gasteiger partial charge on any atom is -0.455 e. The van der Waals surface area contributed by atoms with Gasteiger partial charge in [-0.3, -0.25) is 14.6 Å². The molecule has 11 nitrogen and oxygen atoms in total. The summed E-state index contributed by atoms with van der Waals surface area (Å²) < 4.78 is 36.2. The number of rotatable bonds is 2. The quantitative estimate of drug-likeness (QED) is 0.313. The summed E-state index contributed by atoms with van der Waals surface area (Å²) in [5, 5.41) is 0. The van der Waals surface area contributed by atoms with Crippen LogP contribution >= 0.6 is 0 Å². The number of aromatic nitrogens is 3. The van der Waals surface area contributed by atoms with Crippen molar-refractivity contribution in [2.75, 3.05) is 13.7 Å². The first-order chi connectivity index (χ1) is 22.1. The van der Waals surface area contributed by atoms with Crippen LogP contribution in [0.4, 0.5) is 9.18 Å². The summed E-state index contributed by atoms with van der Waals surface area (Å²) in [4.78, 5) is 66.5. The number of carbonyl (C=O) groups excluding carboxylic acids is 4. The summed E-state index contributed by atoms with van der Waals surface area (Å²) in [6.45, 7) is 12.1. The molecule has 256 valence electrons. The number of methoxy groups -OCH3 is 1. The molecule has 2 fully saturated rings. The van der Waals surface area contributed by atoms with E-state index in [4.69, 9.17) is 14.2 Å². The van der Waals surface area contributed by atoms with E-state index in [1.54, 1.807) is 65.2 Å². The normalized spacial score (nSPS) is 37.1. The van der Waals surface area contributed by atoms with Crippen LogP contribution in [0.1, 0.15) is 85.6 Å². The van der Waals surface area contributed by atoms with Crippen LogP contribution < -0.4 is 0 Å². The molecule has 0 unspecified atom stereocenters. The van der Waals surface area contributed by atoms with Crippen molar-refractivity contribution in [1.82, 2.24) is 19.4 Å². The monoisotopic (exact) mass is 654 g/mol. The number of fused-ring (bicyclic) bond motifs is 8. The van der Waals surface area contributed by atoms with Crippen molar-refractivity contribution in [2.24, 2.45) is 17.8 Å². The minimum absolute atomic E-state index is 0.119. The van der Waals surface area contributed by atoms with E-state index in [1.165, 1.54) is 7.11 Å². The highest BCUT2D eigenvalue weighted by molar-refractivity contribution is 6.07. The molecular formula is C35H47FN4O7. The molecule has 6 bridgehead atoms. The Morgan fingerprint density at radius 3 is 2.43 bits per heavy atom. The summed E-state index contributed by atoms with van der Waals surface area (Å²) in [6, 6.07) is 1.04. The van der Waals surface area contributed by atoms with Gasteiger partial charge >= 0.3 is 12.1 Å². The number of carbonyl (C=O) groups is 4. The van der Waals surface area contributed by atoms with Gasteiger partial charge < -0.3 is 23.7 Å². The molecule has 0 N–H and O–H groups in total. The number of imidazole rings is 1. The maximum absolute atomic E-state index is 16.3. The number of ether oxygens (including phenoxy) is 3. The summed E-state index contributed by atoms with van der Waals surface area (Å²) in [7, 11) is 1.50. The van der Waals surface area contributed by atoms with Gasteiger partial charge in [0.1, 0.15) is 11.9 Å². The smallest absolute Gasteiger partial charge is 0.410 e. The fraction of sp³-hybridized carbons (Fsp3) is 0.657. The fourth-order valence-corrected chi connectivity index (χ4v) is 7.82. The van der Waals surface area contributed by atoms with Gasteiger partial charge in [-0.1, -0.05) is 27.7 Å². The zero-order valence-corrected chi connectivity index (χ0v) is 28.6. The average Bonchev–Trinajstić information content (AvgIpc) is 3.63. The molecule has 2 aromatic rings. The number of hydrogen-bond donors (Lipinski definition) is 0. The van der Waals surface area contributed by atoms with E-state index in [1.807, 2.05) is 16.8 Å². The van der Waals surface area contributed by atoms with Gasteiger partial charge in [0.05, 0.1) is 23.7 Å². The predicted octanol–water partition coefficient (Wildman–Crippen LogP) is 5.31. The van der Waals surface area contributed by atoms with Crippen LogP contribution in [0.5, 0.6) is 0 Å². The van der Waals surface area contributed by atoms with Crippen molar-refractivity contribution < 1.29 is 37.8 Å². The number of ketones is 2. The van der Waals surface area contributed by atoms with Gasteiger partial charge in [-0.15, -0.1) is 0 Å². The van der Waals surface area contributed by atoms with E-state index < -0.39 is 70.5 Å². The predicted molar refractivity (Wildman–Crippen MR) is 170 cm³/mol. The molecule has 5 heterocycles. The number of alkyl halides is 1. The zero-order valence-electron chi connectivity index (χ0n) is 28.6. The number of cyclic esters (lactones) is 1. The maximum atomic E-state index is 16.3. The number of amides is 1. The van der Waals surface area contributed by atoms with Crippen molar-refractivity contribution in [3.05, 3.63) is 36.5 Å². The van der Waals surface area contributed by atoms with E-state index >= 15 is 9.18 Å². The SMILES string of the molecule is CC[C@H]1OC(=O)[C@@](C)(F)C(=O)[C@H](C)[C@@H](C)[C@](C)(OC)C[C@@H]2C(=O)[C@H](C)[C@H]3N(CCCCn4cnc(c4)-c4cncc2c4)C(=O)O[C@]13C. The molecule has 0 spiro atoms. The Morgan fingerprint density at radius 1 is 1.04 bits per heavy atom. The number of aryl methyl sites for hydroxylation is 1. The molecule has 0 saturated carbocycles. The van der Waals surface area contributed by atoms with Crippen molar-refractivity contribution >= 4 is 23.6 Å². The number of Topliss-reactive ketones (excluding diaryl/α,β-unsaturated/α-hetero) is 2. The van der Waals surface area contributed by atoms with Gasteiger partial charge in [-0.05, 0) is 64.0 Å². The highest BCUT2D eigenvalue weighted by atomic mass is 19.1. The van der Waals surface area contributed by atoms with Gasteiger partial charge in [0.15, 0.2) is 11.4 Å². The third-order valence-electron chi connectivity index (χ3n) is 11.2. The number of hydrogen-bond acceptors (Lipinski definition) is 9. The Kier molecular flexibility index (Phi) is 9.40. The maximum Gasteiger partial charge on any atom is 0.410 e. The van der Waals surface area contributed by atoms with Gasteiger partial charge in [-0.25, -0.2) is 19.0 Å². The third-order valence-corrected chi connectivity index (χ3v) is 11.2. The molecule has 5 rings (SSSR count). The highest BCUT2D eigenvalue weighted by Gasteiger charge is 2.61. The van der Waals surface area contributed by atoms with Crippen LogP contribution in [0.3, 0.4) is 0 Å². The molecule has 0 aliphatic carbocycles. The number of esters is 1. The Labute approximate surface area is 275 Å². The molecule has 12 heteroatoms. The van der Waals surface area contributed by atoms with Crippen LogP contribution in [0.2, 0.25) is 0 Å². The highest BCUT2D eigenvalue weighted by Crippen LogP contribution is 2.45. The summed E-state index contributed by atoms with van der Waals surface area (Å²) >= 11 is 0. The third kappa shape index (κ3) is 5.98. The first-order valence-corrected chi connectivity index (χ1v) is 16.6. The standard InChI is InChI=1S/C35H47FN4O7/c1-9-27-35(7)29-21(3)28(41)25(15-33(5,45-8)22(4)20(2)30(42)34(6,36)31(43)46-27)23-14-24(17-37-16-23)26-18-39(19-38-26)12-10-11-13-40(29)32(44)47-35/h14,16-22,25,27,29H,9-13,15H2,1-8H3/t20-,21+,22-,25+,27-,29-,33-,34+,35-/m1/s1.